The van der Waals surface area contributed by atoms with Crippen molar-refractivity contribution in [1.29, 1.82) is 0 Å². The zero-order chi connectivity index (χ0) is 22.0. The van der Waals surface area contributed by atoms with E-state index in [1.165, 1.54) is 12.1 Å². The topological polar surface area (TPSA) is 96.6 Å². The largest absolute Gasteiger partial charge is 0.338 e. The van der Waals surface area contributed by atoms with E-state index in [9.17, 15) is 13.2 Å². The summed E-state index contributed by atoms with van der Waals surface area (Å²) < 4.78 is 28.9. The van der Waals surface area contributed by atoms with E-state index in [-0.39, 0.29) is 10.8 Å². The van der Waals surface area contributed by atoms with Crippen LogP contribution in [0.1, 0.15) is 16.2 Å². The monoisotopic (exact) mass is 460 g/mol. The molecule has 31 heavy (non-hydrogen) atoms. The van der Waals surface area contributed by atoms with E-state index in [1.54, 1.807) is 29.2 Å². The van der Waals surface area contributed by atoms with Gasteiger partial charge in [-0.1, -0.05) is 22.8 Å². The van der Waals surface area contributed by atoms with Crippen LogP contribution in [-0.2, 0) is 16.4 Å². The molecule has 162 valence electrons. The Kier molecular flexibility index (Phi) is 6.08. The lowest BCUT2D eigenvalue weighted by molar-refractivity contribution is 0.0615. The molecule has 1 aliphatic rings. The molecular formula is C21H21ClN4O4S. The Labute approximate surface area is 185 Å². The van der Waals surface area contributed by atoms with Gasteiger partial charge in [0.2, 0.25) is 11.7 Å². The molecule has 8 nitrogen and oxygen atoms in total. The van der Waals surface area contributed by atoms with Crippen molar-refractivity contribution in [2.24, 2.45) is 0 Å². The first kappa shape index (κ1) is 21.5. The summed E-state index contributed by atoms with van der Waals surface area (Å²) in [5.41, 5.74) is 1.20. The van der Waals surface area contributed by atoms with Gasteiger partial charge < -0.3 is 9.42 Å². The molecule has 0 aliphatic carbocycles. The number of hydrogen-bond donors (Lipinski definition) is 0. The molecule has 2 aromatic carbocycles. The molecular weight excluding hydrogens is 440 g/mol. The smallest absolute Gasteiger partial charge is 0.253 e. The number of carbonyl (C=O) groups is 1. The summed E-state index contributed by atoms with van der Waals surface area (Å²) in [6.07, 6.45) is 1.13. The maximum atomic E-state index is 12.8. The molecule has 0 bridgehead atoms. The van der Waals surface area contributed by atoms with Crippen molar-refractivity contribution in [2.75, 3.05) is 32.4 Å². The third kappa shape index (κ3) is 5.12. The van der Waals surface area contributed by atoms with E-state index in [2.05, 4.69) is 15.0 Å². The van der Waals surface area contributed by atoms with Gasteiger partial charge in [-0.3, -0.25) is 9.69 Å². The Morgan fingerprint density at radius 3 is 2.48 bits per heavy atom. The zero-order valence-electron chi connectivity index (χ0n) is 16.9. The van der Waals surface area contributed by atoms with Gasteiger partial charge in [-0.15, -0.1) is 0 Å². The van der Waals surface area contributed by atoms with E-state index in [1.807, 2.05) is 12.1 Å². The second-order valence-corrected chi connectivity index (χ2v) is 9.84. The van der Waals surface area contributed by atoms with Crippen LogP contribution in [0.2, 0.25) is 5.02 Å². The molecule has 3 aromatic rings. The van der Waals surface area contributed by atoms with Crippen LogP contribution in [0.15, 0.2) is 57.9 Å². The lowest BCUT2D eigenvalue weighted by atomic mass is 10.2. The average molecular weight is 461 g/mol. The lowest BCUT2D eigenvalue weighted by Crippen LogP contribution is -2.48. The molecule has 1 aliphatic heterocycles. The van der Waals surface area contributed by atoms with Gasteiger partial charge in [0.1, 0.15) is 0 Å². The summed E-state index contributed by atoms with van der Waals surface area (Å²) in [5, 5.41) is 4.66. The fourth-order valence-electron chi connectivity index (χ4n) is 3.38. The highest BCUT2D eigenvalue weighted by molar-refractivity contribution is 7.90. The van der Waals surface area contributed by atoms with E-state index in [4.69, 9.17) is 16.1 Å². The third-order valence-electron chi connectivity index (χ3n) is 5.10. The van der Waals surface area contributed by atoms with Gasteiger partial charge in [0, 0.05) is 48.6 Å². The van der Waals surface area contributed by atoms with Crippen molar-refractivity contribution >= 4 is 27.3 Å². The van der Waals surface area contributed by atoms with Crippen LogP contribution in [0.3, 0.4) is 0 Å². The Morgan fingerprint density at radius 2 is 1.81 bits per heavy atom. The maximum Gasteiger partial charge on any atom is 0.253 e. The van der Waals surface area contributed by atoms with Gasteiger partial charge >= 0.3 is 0 Å². The summed E-state index contributed by atoms with van der Waals surface area (Å²) in [7, 11) is -3.36. The molecule has 0 spiro atoms. The minimum atomic E-state index is -3.36. The number of aromatic nitrogens is 2. The van der Waals surface area contributed by atoms with Crippen LogP contribution in [-0.4, -0.2) is 66.7 Å². The maximum absolute atomic E-state index is 12.8. The Morgan fingerprint density at radius 1 is 1.10 bits per heavy atom. The van der Waals surface area contributed by atoms with Gasteiger partial charge in [0.15, 0.2) is 9.84 Å². The predicted octanol–water partition coefficient (Wildman–Crippen LogP) is 2.75. The number of piperazine rings is 1. The SMILES string of the molecule is CS(=O)(=O)c1cccc(C(=O)N2CCN(Cc3nc(-c4ccc(Cl)cc4)no3)CC2)c1. The van der Waals surface area contributed by atoms with Crippen molar-refractivity contribution in [1.82, 2.24) is 19.9 Å². The molecule has 4 rings (SSSR count). The average Bonchev–Trinajstić information content (AvgIpc) is 3.22. The first-order valence-corrected chi connectivity index (χ1v) is 12.0. The first-order chi connectivity index (χ1) is 14.8. The zero-order valence-corrected chi connectivity index (χ0v) is 18.4. The van der Waals surface area contributed by atoms with Gasteiger partial charge in [0.05, 0.1) is 11.4 Å². The molecule has 1 amide bonds. The highest BCUT2D eigenvalue weighted by Gasteiger charge is 2.24. The van der Waals surface area contributed by atoms with Crippen LogP contribution >= 0.6 is 11.6 Å². The number of hydrogen-bond acceptors (Lipinski definition) is 7. The molecule has 1 aromatic heterocycles. The van der Waals surface area contributed by atoms with Gasteiger partial charge in [-0.05, 0) is 42.5 Å². The van der Waals surface area contributed by atoms with Gasteiger partial charge in [-0.2, -0.15) is 4.98 Å². The number of halogens is 1. The summed E-state index contributed by atoms with van der Waals surface area (Å²) in [6, 6.07) is 13.4. The summed E-state index contributed by atoms with van der Waals surface area (Å²) >= 11 is 5.91. The highest BCUT2D eigenvalue weighted by atomic mass is 35.5. The second kappa shape index (κ2) is 8.78. The van der Waals surface area contributed by atoms with Crippen LogP contribution in [0.25, 0.3) is 11.4 Å². The molecule has 1 saturated heterocycles. The van der Waals surface area contributed by atoms with Gasteiger partial charge in [0.25, 0.3) is 5.91 Å². The molecule has 10 heteroatoms. The number of nitrogens with zero attached hydrogens (tertiary/aromatic N) is 4. The lowest BCUT2D eigenvalue weighted by Gasteiger charge is -2.34. The minimum absolute atomic E-state index is 0.143. The molecule has 0 atom stereocenters. The fourth-order valence-corrected chi connectivity index (χ4v) is 4.17. The molecule has 2 heterocycles. The molecule has 0 saturated carbocycles. The van der Waals surface area contributed by atoms with Crippen LogP contribution in [0, 0.1) is 0 Å². The molecule has 1 fully saturated rings. The van der Waals surface area contributed by atoms with Crippen LogP contribution in [0.5, 0.6) is 0 Å². The number of rotatable bonds is 5. The fraction of sp³-hybridized carbons (Fsp3) is 0.286. The Bertz CT molecular complexity index is 1190. The summed E-state index contributed by atoms with van der Waals surface area (Å²) in [4.78, 5) is 21.2. The number of carbonyl (C=O) groups excluding carboxylic acids is 1. The third-order valence-corrected chi connectivity index (χ3v) is 6.46. The van der Waals surface area contributed by atoms with Gasteiger partial charge in [-0.25, -0.2) is 8.42 Å². The number of benzene rings is 2. The standard InChI is InChI=1S/C21H21ClN4O4S/c1-31(28,29)18-4-2-3-16(13-18)21(27)26-11-9-25(10-12-26)14-19-23-20(24-30-19)15-5-7-17(22)8-6-15/h2-8,13H,9-12,14H2,1H3. The van der Waals surface area contributed by atoms with Crippen LogP contribution < -0.4 is 0 Å². The van der Waals surface area contributed by atoms with Crippen molar-refractivity contribution in [3.05, 3.63) is 65.0 Å². The van der Waals surface area contributed by atoms with Crippen molar-refractivity contribution < 1.29 is 17.7 Å². The van der Waals surface area contributed by atoms with Crippen LogP contribution in [0.4, 0.5) is 0 Å². The first-order valence-electron chi connectivity index (χ1n) is 9.70. The summed E-state index contributed by atoms with van der Waals surface area (Å²) in [5.74, 6) is 0.838. The number of amides is 1. The quantitative estimate of drug-likeness (QED) is 0.577. The molecule has 0 N–H and O–H groups in total. The van der Waals surface area contributed by atoms with E-state index in [0.29, 0.717) is 55.0 Å². The second-order valence-electron chi connectivity index (χ2n) is 7.39. The predicted molar refractivity (Wildman–Crippen MR) is 115 cm³/mol. The minimum Gasteiger partial charge on any atom is -0.338 e. The van der Waals surface area contributed by atoms with Crippen molar-refractivity contribution in [3.8, 4) is 11.4 Å². The molecule has 0 radical (unpaired) electrons. The molecule has 0 unspecified atom stereocenters. The van der Waals surface area contributed by atoms with E-state index in [0.717, 1.165) is 11.8 Å². The highest BCUT2D eigenvalue weighted by Crippen LogP contribution is 2.20. The summed E-state index contributed by atoms with van der Waals surface area (Å²) in [6.45, 7) is 2.85. The van der Waals surface area contributed by atoms with E-state index >= 15 is 0 Å². The number of sulfone groups is 1. The van der Waals surface area contributed by atoms with E-state index < -0.39 is 9.84 Å². The van der Waals surface area contributed by atoms with Crippen molar-refractivity contribution in [3.63, 3.8) is 0 Å². The van der Waals surface area contributed by atoms with Crippen molar-refractivity contribution in [2.45, 2.75) is 11.4 Å². The normalized spacial score (nSPS) is 15.2. The Hall–Kier alpha value is -2.75. The Balaban J connectivity index is 1.35.